The van der Waals surface area contributed by atoms with Crippen molar-refractivity contribution < 1.29 is 37.9 Å². The van der Waals surface area contributed by atoms with Crippen LogP contribution < -0.4 is 14.8 Å². The maximum atomic E-state index is 15.0. The number of furan rings is 1. The van der Waals surface area contributed by atoms with E-state index >= 15 is 4.79 Å². The number of nitrogens with one attached hydrogen (secondary N) is 2. The van der Waals surface area contributed by atoms with Crippen LogP contribution in [0.4, 0.5) is 0 Å². The van der Waals surface area contributed by atoms with Crippen LogP contribution in [0, 0.1) is 11.8 Å². The van der Waals surface area contributed by atoms with E-state index in [4.69, 9.17) is 13.9 Å². The van der Waals surface area contributed by atoms with Gasteiger partial charge in [0.05, 0.1) is 31.9 Å². The van der Waals surface area contributed by atoms with Crippen molar-refractivity contribution in [3.05, 3.63) is 82.9 Å². The second kappa shape index (κ2) is 16.4. The van der Waals surface area contributed by atoms with Gasteiger partial charge in [-0.25, -0.2) is 0 Å². The molecule has 0 saturated carbocycles. The fourth-order valence-electron chi connectivity index (χ4n) is 9.07. The van der Waals surface area contributed by atoms with Gasteiger partial charge in [0.25, 0.3) is 5.91 Å². The van der Waals surface area contributed by atoms with Crippen molar-refractivity contribution in [3.8, 4) is 11.5 Å². The number of fused-ring (bicyclic) bond motifs is 5. The number of hydrogen-bond donors (Lipinski definition) is 2. The monoisotopic (exact) mass is 780 g/mol. The van der Waals surface area contributed by atoms with Crippen molar-refractivity contribution in [1.82, 2.24) is 29.9 Å². The number of aromatic nitrogens is 1. The Labute approximate surface area is 332 Å². The Hall–Kier alpha value is -5.79. The average Bonchev–Trinajstić information content (AvgIpc) is 3.91. The molecule has 14 nitrogen and oxygen atoms in total. The van der Waals surface area contributed by atoms with Crippen LogP contribution in [0.2, 0.25) is 0 Å². The Morgan fingerprint density at radius 2 is 1.68 bits per heavy atom. The fourth-order valence-corrected chi connectivity index (χ4v) is 9.07. The molecule has 5 amide bonds. The summed E-state index contributed by atoms with van der Waals surface area (Å²) in [7, 11) is 6.62. The van der Waals surface area contributed by atoms with E-state index in [1.54, 1.807) is 62.4 Å². The van der Waals surface area contributed by atoms with Crippen molar-refractivity contribution in [2.75, 3.05) is 61.0 Å². The zero-order valence-electron chi connectivity index (χ0n) is 33.4. The smallest absolute Gasteiger partial charge is 0.289 e. The lowest BCUT2D eigenvalue weighted by Crippen LogP contribution is -2.66. The summed E-state index contributed by atoms with van der Waals surface area (Å²) in [5.41, 5.74) is 3.72. The lowest BCUT2D eigenvalue weighted by molar-refractivity contribution is -0.167. The van der Waals surface area contributed by atoms with Crippen molar-refractivity contribution in [2.45, 2.75) is 57.5 Å². The molecular weight excluding hydrogens is 729 g/mol. The van der Waals surface area contributed by atoms with E-state index in [2.05, 4.69) is 28.5 Å². The Balaban J connectivity index is 1.17. The third-order valence-electron chi connectivity index (χ3n) is 12.1. The van der Waals surface area contributed by atoms with Gasteiger partial charge >= 0.3 is 0 Å². The number of rotatable bonds is 12. The summed E-state index contributed by atoms with van der Waals surface area (Å²) in [5, 5.41) is 4.01. The van der Waals surface area contributed by atoms with Crippen LogP contribution in [-0.4, -0.2) is 115 Å². The van der Waals surface area contributed by atoms with Gasteiger partial charge in [0, 0.05) is 88.7 Å². The third kappa shape index (κ3) is 7.44. The Bertz CT molecular complexity index is 2150. The Morgan fingerprint density at radius 3 is 2.37 bits per heavy atom. The predicted molar refractivity (Wildman–Crippen MR) is 211 cm³/mol. The third-order valence-corrected chi connectivity index (χ3v) is 12.1. The van der Waals surface area contributed by atoms with Gasteiger partial charge in [-0.1, -0.05) is 25.1 Å². The molecule has 2 N–H and O–H groups in total. The molecule has 4 aromatic rings. The SMILES string of the molecule is CC[C@]12c3[nH]c4cc(CCC(=O)N(C)C)ccc4c3CCN1C(=O)[C@@H](CC(=O)NCc1ccc(OC)c(OC)c1)C[C@@H]2C(=O)N1CCN(C(=O)c2ccco2)CC1. The zero-order chi connectivity index (χ0) is 40.4. The van der Waals surface area contributed by atoms with Gasteiger partial charge < -0.3 is 43.8 Å². The van der Waals surface area contributed by atoms with Crippen molar-refractivity contribution in [2.24, 2.45) is 11.8 Å². The second-order valence-electron chi connectivity index (χ2n) is 15.4. The molecule has 2 aromatic heterocycles. The summed E-state index contributed by atoms with van der Waals surface area (Å²) >= 11 is 0. The van der Waals surface area contributed by atoms with Gasteiger partial charge in [0.15, 0.2) is 17.3 Å². The van der Waals surface area contributed by atoms with E-state index in [1.807, 2.05) is 22.8 Å². The number of carbonyl (C=O) groups excluding carboxylic acids is 5. The molecule has 3 atom stereocenters. The van der Waals surface area contributed by atoms with E-state index in [0.717, 1.165) is 33.3 Å². The number of hydrogen-bond acceptors (Lipinski definition) is 8. The predicted octanol–water partition coefficient (Wildman–Crippen LogP) is 4.12. The van der Waals surface area contributed by atoms with Crippen LogP contribution in [0.5, 0.6) is 11.5 Å². The van der Waals surface area contributed by atoms with Crippen molar-refractivity contribution >= 4 is 40.4 Å². The van der Waals surface area contributed by atoms with Crippen LogP contribution >= 0.6 is 0 Å². The lowest BCUT2D eigenvalue weighted by Gasteiger charge is -2.56. The summed E-state index contributed by atoms with van der Waals surface area (Å²) < 4.78 is 16.1. The molecule has 0 aliphatic carbocycles. The number of nitrogens with zero attached hydrogens (tertiary/aromatic N) is 4. The summed E-state index contributed by atoms with van der Waals surface area (Å²) in [4.78, 5) is 79.3. The summed E-state index contributed by atoms with van der Waals surface area (Å²) in [6, 6.07) is 14.9. The quantitative estimate of drug-likeness (QED) is 0.218. The molecule has 5 heterocycles. The van der Waals surface area contributed by atoms with Crippen LogP contribution in [-0.2, 0) is 44.1 Å². The number of piperazine rings is 1. The largest absolute Gasteiger partial charge is 0.493 e. The lowest BCUT2D eigenvalue weighted by atomic mass is 9.65. The zero-order valence-corrected chi connectivity index (χ0v) is 33.4. The van der Waals surface area contributed by atoms with E-state index < -0.39 is 17.4 Å². The number of methoxy groups -OCH3 is 2. The molecular formula is C43H52N6O8. The highest BCUT2D eigenvalue weighted by Gasteiger charge is 2.59. The van der Waals surface area contributed by atoms with Crippen LogP contribution in [0.15, 0.2) is 59.2 Å². The summed E-state index contributed by atoms with van der Waals surface area (Å²) in [6.07, 6.45) is 3.65. The molecule has 57 heavy (non-hydrogen) atoms. The first kappa shape index (κ1) is 39.4. The van der Waals surface area contributed by atoms with E-state index in [-0.39, 0.29) is 54.7 Å². The van der Waals surface area contributed by atoms with Gasteiger partial charge in [-0.2, -0.15) is 0 Å². The second-order valence-corrected chi connectivity index (χ2v) is 15.4. The Morgan fingerprint density at radius 1 is 0.947 bits per heavy atom. The minimum atomic E-state index is -0.977. The van der Waals surface area contributed by atoms with Gasteiger partial charge in [0.1, 0.15) is 0 Å². The topological polar surface area (TPSA) is 158 Å². The first-order valence-electron chi connectivity index (χ1n) is 19.7. The molecule has 3 aliphatic rings. The number of benzene rings is 2. The molecule has 7 rings (SSSR count). The van der Waals surface area contributed by atoms with Gasteiger partial charge in [-0.3, -0.25) is 24.0 Å². The number of piperidine rings is 1. The fraction of sp³-hybridized carbons (Fsp3) is 0.465. The molecule has 2 saturated heterocycles. The normalized spacial score (nSPS) is 20.5. The molecule has 0 spiro atoms. The first-order valence-corrected chi connectivity index (χ1v) is 19.7. The van der Waals surface area contributed by atoms with Crippen molar-refractivity contribution in [1.29, 1.82) is 0 Å². The molecule has 0 bridgehead atoms. The summed E-state index contributed by atoms with van der Waals surface area (Å²) in [6.45, 7) is 4.02. The number of aryl methyl sites for hydroxylation is 1. The maximum Gasteiger partial charge on any atom is 0.289 e. The number of carbonyl (C=O) groups is 5. The highest BCUT2D eigenvalue weighted by atomic mass is 16.5. The number of aromatic amines is 1. The maximum absolute atomic E-state index is 15.0. The summed E-state index contributed by atoms with van der Waals surface area (Å²) in [5.74, 6) is -0.651. The molecule has 0 unspecified atom stereocenters. The molecule has 302 valence electrons. The minimum Gasteiger partial charge on any atom is -0.493 e. The highest BCUT2D eigenvalue weighted by molar-refractivity contribution is 5.94. The highest BCUT2D eigenvalue weighted by Crippen LogP contribution is 2.52. The van der Waals surface area contributed by atoms with E-state index in [0.29, 0.717) is 69.9 Å². The number of amides is 5. The van der Waals surface area contributed by atoms with Gasteiger partial charge in [0.2, 0.25) is 23.6 Å². The molecule has 14 heteroatoms. The molecule has 0 radical (unpaired) electrons. The van der Waals surface area contributed by atoms with Crippen LogP contribution in [0.1, 0.15) is 65.5 Å². The van der Waals surface area contributed by atoms with E-state index in [1.165, 1.54) is 6.26 Å². The van der Waals surface area contributed by atoms with Gasteiger partial charge in [-0.05, 0) is 72.7 Å². The molecule has 3 aliphatic heterocycles. The minimum absolute atomic E-state index is 0.0545. The number of H-pyrrole nitrogens is 1. The van der Waals surface area contributed by atoms with Crippen LogP contribution in [0.25, 0.3) is 10.9 Å². The first-order chi connectivity index (χ1) is 27.5. The molecule has 2 fully saturated rings. The standard InChI is InChI=1S/C43H52N6O8/c1-6-43-32(41(53)47-17-19-48(20-18-47)42(54)35-8-7-21-57-35)24-29(25-37(50)44-26-28-10-13-34(55-4)36(23-28)56-5)40(52)49(43)16-15-31-30-12-9-27(11-14-38(51)46(2)3)22-33(30)45-39(31)43/h7-10,12-13,21-23,29,32,45H,6,11,14-20,24-26H2,1-5H3,(H,44,50)/t29-,32-,43+/m1/s1. The molecule has 2 aromatic carbocycles. The number of ether oxygens (including phenoxy) is 2. The van der Waals surface area contributed by atoms with E-state index in [9.17, 15) is 19.2 Å². The Kier molecular flexibility index (Phi) is 11.3. The average molecular weight is 781 g/mol. The van der Waals surface area contributed by atoms with Crippen molar-refractivity contribution in [3.63, 3.8) is 0 Å². The van der Waals surface area contributed by atoms with Gasteiger partial charge in [-0.15, -0.1) is 0 Å². The van der Waals surface area contributed by atoms with Crippen LogP contribution in [0.3, 0.4) is 0 Å².